The van der Waals surface area contributed by atoms with Crippen molar-refractivity contribution >= 4 is 5.97 Å². The summed E-state index contributed by atoms with van der Waals surface area (Å²) >= 11 is 0. The highest BCUT2D eigenvalue weighted by molar-refractivity contribution is 5.69. The lowest BCUT2D eigenvalue weighted by Crippen LogP contribution is -2.37. The van der Waals surface area contributed by atoms with Gasteiger partial charge in [0.2, 0.25) is 5.89 Å². The Kier molecular flexibility index (Phi) is 5.11. The van der Waals surface area contributed by atoms with E-state index in [2.05, 4.69) is 24.0 Å². The Balaban J connectivity index is 1.99. The van der Waals surface area contributed by atoms with Crippen LogP contribution >= 0.6 is 0 Å². The van der Waals surface area contributed by atoms with Crippen molar-refractivity contribution in [2.75, 3.05) is 6.54 Å². The highest BCUT2D eigenvalue weighted by Gasteiger charge is 2.25. The number of carbonyl (C=O) groups is 1. The van der Waals surface area contributed by atoms with Crippen molar-refractivity contribution < 1.29 is 14.4 Å². The third-order valence-electron chi connectivity index (χ3n) is 3.62. The van der Waals surface area contributed by atoms with Gasteiger partial charge in [-0.15, -0.1) is 0 Å². The van der Waals surface area contributed by atoms with Gasteiger partial charge in [0.25, 0.3) is 0 Å². The molecule has 0 saturated heterocycles. The number of hydrogen-bond donors (Lipinski definition) is 1. The molecule has 0 radical (unpaired) electrons. The molecule has 1 aromatic rings. The van der Waals surface area contributed by atoms with Crippen LogP contribution in [0.25, 0.3) is 0 Å². The van der Waals surface area contributed by atoms with E-state index in [1.165, 1.54) is 12.8 Å². The second kappa shape index (κ2) is 6.83. The fourth-order valence-corrected chi connectivity index (χ4v) is 2.73. The molecule has 0 unspecified atom stereocenters. The molecule has 1 aliphatic rings. The molecule has 6 heteroatoms. The first-order valence-electron chi connectivity index (χ1n) is 7.32. The SMILES string of the molecule is CC(C)Cc1nc(CN(CC(=O)O)C2CCCC2)no1. The summed E-state index contributed by atoms with van der Waals surface area (Å²) in [6.45, 7) is 4.69. The summed E-state index contributed by atoms with van der Waals surface area (Å²) < 4.78 is 5.21. The lowest BCUT2D eigenvalue weighted by atomic mass is 10.1. The Morgan fingerprint density at radius 2 is 2.15 bits per heavy atom. The third kappa shape index (κ3) is 4.30. The van der Waals surface area contributed by atoms with Crippen LogP contribution in [-0.4, -0.2) is 38.7 Å². The predicted molar refractivity (Wildman–Crippen MR) is 73.1 cm³/mol. The number of carboxylic acids is 1. The van der Waals surface area contributed by atoms with E-state index in [1.807, 2.05) is 4.90 Å². The summed E-state index contributed by atoms with van der Waals surface area (Å²) in [5.74, 6) is 0.890. The number of carboxylic acid groups (broad SMARTS) is 1. The molecule has 0 aliphatic heterocycles. The number of nitrogens with zero attached hydrogens (tertiary/aromatic N) is 3. The topological polar surface area (TPSA) is 79.5 Å². The molecule has 0 amide bonds. The Hall–Kier alpha value is -1.43. The van der Waals surface area contributed by atoms with E-state index in [9.17, 15) is 4.79 Å². The number of aliphatic carboxylic acids is 1. The van der Waals surface area contributed by atoms with Crippen LogP contribution in [0.2, 0.25) is 0 Å². The van der Waals surface area contributed by atoms with Crippen molar-refractivity contribution in [2.24, 2.45) is 5.92 Å². The molecule has 1 fully saturated rings. The van der Waals surface area contributed by atoms with Crippen molar-refractivity contribution in [1.82, 2.24) is 15.0 Å². The summed E-state index contributed by atoms with van der Waals surface area (Å²) in [7, 11) is 0. The molecular formula is C14H23N3O3. The average molecular weight is 281 g/mol. The third-order valence-corrected chi connectivity index (χ3v) is 3.62. The molecule has 20 heavy (non-hydrogen) atoms. The normalized spacial score (nSPS) is 16.4. The zero-order valence-electron chi connectivity index (χ0n) is 12.2. The first-order chi connectivity index (χ1) is 9.54. The molecule has 1 heterocycles. The summed E-state index contributed by atoms with van der Waals surface area (Å²) in [5, 5.41) is 13.0. The second-order valence-corrected chi connectivity index (χ2v) is 5.94. The molecular weight excluding hydrogens is 258 g/mol. The van der Waals surface area contributed by atoms with Gasteiger partial charge in [0.05, 0.1) is 13.1 Å². The Morgan fingerprint density at radius 3 is 2.75 bits per heavy atom. The zero-order chi connectivity index (χ0) is 14.5. The number of hydrogen-bond acceptors (Lipinski definition) is 5. The van der Waals surface area contributed by atoms with Gasteiger partial charge in [0.15, 0.2) is 5.82 Å². The van der Waals surface area contributed by atoms with E-state index >= 15 is 0 Å². The summed E-state index contributed by atoms with van der Waals surface area (Å²) in [4.78, 5) is 17.3. The predicted octanol–water partition coefficient (Wildman–Crippen LogP) is 2.10. The zero-order valence-corrected chi connectivity index (χ0v) is 12.2. The van der Waals surface area contributed by atoms with Crippen LogP contribution in [-0.2, 0) is 17.8 Å². The van der Waals surface area contributed by atoms with Crippen LogP contribution in [0.1, 0.15) is 51.2 Å². The highest BCUT2D eigenvalue weighted by Crippen LogP contribution is 2.24. The van der Waals surface area contributed by atoms with Gasteiger partial charge in [-0.05, 0) is 18.8 Å². The molecule has 1 aliphatic carbocycles. The minimum Gasteiger partial charge on any atom is -0.480 e. The van der Waals surface area contributed by atoms with Gasteiger partial charge in [-0.1, -0.05) is 31.8 Å². The van der Waals surface area contributed by atoms with Crippen molar-refractivity contribution in [2.45, 2.75) is 58.5 Å². The summed E-state index contributed by atoms with van der Waals surface area (Å²) in [5.41, 5.74) is 0. The van der Waals surface area contributed by atoms with E-state index in [0.717, 1.165) is 19.3 Å². The van der Waals surface area contributed by atoms with Gasteiger partial charge < -0.3 is 9.63 Å². The lowest BCUT2D eigenvalue weighted by molar-refractivity contribution is -0.139. The molecule has 0 bridgehead atoms. The summed E-state index contributed by atoms with van der Waals surface area (Å²) in [6, 6.07) is 0.332. The Labute approximate surface area is 119 Å². The maximum absolute atomic E-state index is 11.0. The van der Waals surface area contributed by atoms with Crippen LogP contribution < -0.4 is 0 Å². The van der Waals surface area contributed by atoms with Crippen LogP contribution in [0, 0.1) is 5.92 Å². The standard InChI is InChI=1S/C14H23N3O3/c1-10(2)7-13-15-12(16-20-13)8-17(9-14(18)19)11-5-3-4-6-11/h10-11H,3-9H2,1-2H3,(H,18,19). The number of aromatic nitrogens is 2. The minimum atomic E-state index is -0.803. The van der Waals surface area contributed by atoms with E-state index in [4.69, 9.17) is 9.63 Å². The molecule has 0 atom stereocenters. The quantitative estimate of drug-likeness (QED) is 0.824. The van der Waals surface area contributed by atoms with Crippen LogP contribution in [0.15, 0.2) is 4.52 Å². The van der Waals surface area contributed by atoms with Crippen molar-refractivity contribution in [1.29, 1.82) is 0 Å². The molecule has 0 aromatic carbocycles. The molecule has 112 valence electrons. The highest BCUT2D eigenvalue weighted by atomic mass is 16.5. The van der Waals surface area contributed by atoms with Crippen molar-refractivity contribution in [3.05, 3.63) is 11.7 Å². The molecule has 1 N–H and O–H groups in total. The van der Waals surface area contributed by atoms with Gasteiger partial charge in [-0.2, -0.15) is 4.98 Å². The Bertz CT molecular complexity index is 439. The van der Waals surface area contributed by atoms with Crippen molar-refractivity contribution in [3.63, 3.8) is 0 Å². The lowest BCUT2D eigenvalue weighted by Gasteiger charge is -2.25. The van der Waals surface area contributed by atoms with E-state index in [1.54, 1.807) is 0 Å². The monoisotopic (exact) mass is 281 g/mol. The Morgan fingerprint density at radius 1 is 1.45 bits per heavy atom. The minimum absolute atomic E-state index is 0.0404. The smallest absolute Gasteiger partial charge is 0.317 e. The van der Waals surface area contributed by atoms with Crippen LogP contribution in [0.3, 0.4) is 0 Å². The van der Waals surface area contributed by atoms with Gasteiger partial charge >= 0.3 is 5.97 Å². The van der Waals surface area contributed by atoms with Gasteiger partial charge in [0.1, 0.15) is 0 Å². The van der Waals surface area contributed by atoms with E-state index in [0.29, 0.717) is 30.2 Å². The first-order valence-corrected chi connectivity index (χ1v) is 7.32. The molecule has 6 nitrogen and oxygen atoms in total. The fourth-order valence-electron chi connectivity index (χ4n) is 2.73. The van der Waals surface area contributed by atoms with Gasteiger partial charge in [-0.25, -0.2) is 0 Å². The first kappa shape index (κ1) is 15.0. The molecule has 2 rings (SSSR count). The van der Waals surface area contributed by atoms with Gasteiger partial charge in [-0.3, -0.25) is 9.69 Å². The van der Waals surface area contributed by atoms with Crippen LogP contribution in [0.5, 0.6) is 0 Å². The van der Waals surface area contributed by atoms with Gasteiger partial charge in [0, 0.05) is 12.5 Å². The second-order valence-electron chi connectivity index (χ2n) is 5.94. The fraction of sp³-hybridized carbons (Fsp3) is 0.786. The number of rotatable bonds is 7. The molecule has 1 aromatic heterocycles. The van der Waals surface area contributed by atoms with E-state index < -0.39 is 5.97 Å². The van der Waals surface area contributed by atoms with E-state index in [-0.39, 0.29) is 6.54 Å². The van der Waals surface area contributed by atoms with Crippen LogP contribution in [0.4, 0.5) is 0 Å². The summed E-state index contributed by atoms with van der Waals surface area (Å²) in [6.07, 6.45) is 5.22. The van der Waals surface area contributed by atoms with Crippen molar-refractivity contribution in [3.8, 4) is 0 Å². The maximum Gasteiger partial charge on any atom is 0.317 e. The molecule has 0 spiro atoms. The average Bonchev–Trinajstić information content (AvgIpc) is 2.98. The largest absolute Gasteiger partial charge is 0.480 e. The molecule has 1 saturated carbocycles. The maximum atomic E-state index is 11.0.